The van der Waals surface area contributed by atoms with E-state index in [1.54, 1.807) is 11.3 Å². The Morgan fingerprint density at radius 3 is 3.00 bits per heavy atom. The lowest BCUT2D eigenvalue weighted by Gasteiger charge is -2.28. The molecule has 1 aromatic heterocycles. The summed E-state index contributed by atoms with van der Waals surface area (Å²) in [6, 6.07) is 3.83. The van der Waals surface area contributed by atoms with Crippen LogP contribution in [0, 0.1) is 0 Å². The lowest BCUT2D eigenvalue weighted by molar-refractivity contribution is 0.0943. The summed E-state index contributed by atoms with van der Waals surface area (Å²) in [5, 5.41) is 17.5. The van der Waals surface area contributed by atoms with E-state index in [2.05, 4.69) is 16.7 Å². The van der Waals surface area contributed by atoms with Crippen molar-refractivity contribution in [2.75, 3.05) is 6.54 Å². The average molecular weight is 268 g/mol. The Morgan fingerprint density at radius 1 is 1.44 bits per heavy atom. The molecule has 1 saturated carbocycles. The smallest absolute Gasteiger partial charge is 0.315 e. The quantitative estimate of drug-likeness (QED) is 0.781. The highest BCUT2D eigenvalue weighted by molar-refractivity contribution is 7.09. The number of hydrogen-bond acceptors (Lipinski definition) is 3. The SMILES string of the molecule is O=C(NCCc1cccs1)N[C@@H]1CCCC[C@H]1O. The van der Waals surface area contributed by atoms with Crippen LogP contribution in [0.5, 0.6) is 0 Å². The van der Waals surface area contributed by atoms with Gasteiger partial charge in [-0.15, -0.1) is 11.3 Å². The van der Waals surface area contributed by atoms with E-state index in [0.29, 0.717) is 6.54 Å². The van der Waals surface area contributed by atoms with Gasteiger partial charge in [0.1, 0.15) is 0 Å². The van der Waals surface area contributed by atoms with Gasteiger partial charge in [-0.3, -0.25) is 0 Å². The van der Waals surface area contributed by atoms with E-state index in [-0.39, 0.29) is 18.2 Å². The molecular weight excluding hydrogens is 248 g/mol. The highest BCUT2D eigenvalue weighted by Gasteiger charge is 2.24. The summed E-state index contributed by atoms with van der Waals surface area (Å²) >= 11 is 1.70. The molecular formula is C13H20N2O2S. The van der Waals surface area contributed by atoms with Gasteiger partial charge in [-0.1, -0.05) is 18.9 Å². The van der Waals surface area contributed by atoms with Gasteiger partial charge in [-0.25, -0.2) is 4.79 Å². The summed E-state index contributed by atoms with van der Waals surface area (Å²) in [5.74, 6) is 0. The van der Waals surface area contributed by atoms with E-state index in [9.17, 15) is 9.90 Å². The molecule has 1 fully saturated rings. The van der Waals surface area contributed by atoms with Crippen LogP contribution in [0.1, 0.15) is 30.6 Å². The number of aliphatic hydroxyl groups excluding tert-OH is 1. The second-order valence-corrected chi connectivity index (χ2v) is 5.72. The Balaban J connectivity index is 1.65. The standard InChI is InChI=1S/C13H20N2O2S/c16-12-6-2-1-5-11(12)15-13(17)14-8-7-10-4-3-9-18-10/h3-4,9,11-12,16H,1-2,5-8H2,(H2,14,15,17)/t11-,12-/m1/s1. The van der Waals surface area contributed by atoms with Gasteiger partial charge in [0.05, 0.1) is 12.1 Å². The Morgan fingerprint density at radius 2 is 2.28 bits per heavy atom. The molecule has 2 amide bonds. The molecule has 0 aromatic carbocycles. The minimum atomic E-state index is -0.387. The van der Waals surface area contributed by atoms with E-state index in [4.69, 9.17) is 0 Å². The highest BCUT2D eigenvalue weighted by Crippen LogP contribution is 2.18. The van der Waals surface area contributed by atoms with Crippen molar-refractivity contribution in [3.8, 4) is 0 Å². The number of carbonyl (C=O) groups excluding carboxylic acids is 1. The first-order valence-electron chi connectivity index (χ1n) is 6.50. The average Bonchev–Trinajstić information content (AvgIpc) is 2.85. The molecule has 18 heavy (non-hydrogen) atoms. The molecule has 4 nitrogen and oxygen atoms in total. The van der Waals surface area contributed by atoms with Gasteiger partial charge in [-0.2, -0.15) is 0 Å². The Kier molecular flexibility index (Phi) is 5.01. The van der Waals surface area contributed by atoms with E-state index in [0.717, 1.165) is 32.1 Å². The normalized spacial score (nSPS) is 23.6. The van der Waals surface area contributed by atoms with Crippen molar-refractivity contribution in [1.29, 1.82) is 0 Å². The third kappa shape index (κ3) is 3.99. The van der Waals surface area contributed by atoms with E-state index in [1.165, 1.54) is 4.88 Å². The number of urea groups is 1. The van der Waals surface area contributed by atoms with Crippen LogP contribution in [0.2, 0.25) is 0 Å². The molecule has 0 unspecified atom stereocenters. The number of hydrogen-bond donors (Lipinski definition) is 3. The van der Waals surface area contributed by atoms with Gasteiger partial charge in [0.2, 0.25) is 0 Å². The molecule has 2 atom stereocenters. The maximum atomic E-state index is 11.7. The lowest BCUT2D eigenvalue weighted by atomic mass is 9.93. The Labute approximate surface area is 111 Å². The maximum absolute atomic E-state index is 11.7. The van der Waals surface area contributed by atoms with Gasteiger partial charge >= 0.3 is 6.03 Å². The van der Waals surface area contributed by atoms with Crippen LogP contribution in [0.15, 0.2) is 17.5 Å². The topological polar surface area (TPSA) is 61.4 Å². The number of carbonyl (C=O) groups is 1. The second kappa shape index (κ2) is 6.75. The number of nitrogens with one attached hydrogen (secondary N) is 2. The fraction of sp³-hybridized carbons (Fsp3) is 0.615. The molecule has 0 spiro atoms. The van der Waals surface area contributed by atoms with E-state index < -0.39 is 0 Å². The molecule has 1 aliphatic rings. The molecule has 1 aromatic rings. The zero-order chi connectivity index (χ0) is 12.8. The van der Waals surface area contributed by atoms with E-state index in [1.807, 2.05) is 11.4 Å². The molecule has 100 valence electrons. The number of amides is 2. The third-order valence-electron chi connectivity index (χ3n) is 3.28. The number of rotatable bonds is 4. The largest absolute Gasteiger partial charge is 0.391 e. The van der Waals surface area contributed by atoms with Crippen LogP contribution in [-0.2, 0) is 6.42 Å². The lowest BCUT2D eigenvalue weighted by Crippen LogP contribution is -2.49. The van der Waals surface area contributed by atoms with Crippen LogP contribution in [0.4, 0.5) is 4.79 Å². The first kappa shape index (κ1) is 13.4. The fourth-order valence-electron chi connectivity index (χ4n) is 2.25. The molecule has 5 heteroatoms. The molecule has 0 aliphatic heterocycles. The number of thiophene rings is 1. The molecule has 2 rings (SSSR count). The first-order chi connectivity index (χ1) is 8.75. The zero-order valence-electron chi connectivity index (χ0n) is 10.4. The van der Waals surface area contributed by atoms with Gasteiger partial charge in [0, 0.05) is 11.4 Å². The minimum absolute atomic E-state index is 0.0829. The minimum Gasteiger partial charge on any atom is -0.391 e. The predicted molar refractivity (Wildman–Crippen MR) is 72.8 cm³/mol. The Bertz CT molecular complexity index is 367. The maximum Gasteiger partial charge on any atom is 0.315 e. The summed E-state index contributed by atoms with van der Waals surface area (Å²) in [4.78, 5) is 12.9. The van der Waals surface area contributed by atoms with Crippen molar-refractivity contribution in [3.63, 3.8) is 0 Å². The predicted octanol–water partition coefficient (Wildman–Crippen LogP) is 1.89. The van der Waals surface area contributed by atoms with Gasteiger partial charge < -0.3 is 15.7 Å². The van der Waals surface area contributed by atoms with Crippen molar-refractivity contribution >= 4 is 17.4 Å². The van der Waals surface area contributed by atoms with E-state index >= 15 is 0 Å². The molecule has 0 saturated heterocycles. The van der Waals surface area contributed by atoms with Crippen molar-refractivity contribution in [2.45, 2.75) is 44.2 Å². The van der Waals surface area contributed by atoms with Gasteiger partial charge in [0.25, 0.3) is 0 Å². The van der Waals surface area contributed by atoms with Crippen molar-refractivity contribution < 1.29 is 9.90 Å². The van der Waals surface area contributed by atoms with Crippen molar-refractivity contribution in [3.05, 3.63) is 22.4 Å². The monoisotopic (exact) mass is 268 g/mol. The van der Waals surface area contributed by atoms with Crippen molar-refractivity contribution in [1.82, 2.24) is 10.6 Å². The van der Waals surface area contributed by atoms with Crippen LogP contribution in [-0.4, -0.2) is 29.8 Å². The van der Waals surface area contributed by atoms with Crippen molar-refractivity contribution in [2.24, 2.45) is 0 Å². The van der Waals surface area contributed by atoms with Gasteiger partial charge in [-0.05, 0) is 30.7 Å². The molecule has 3 N–H and O–H groups in total. The summed E-state index contributed by atoms with van der Waals surface area (Å²) in [7, 11) is 0. The second-order valence-electron chi connectivity index (χ2n) is 4.69. The summed E-state index contributed by atoms with van der Waals surface area (Å²) in [6.45, 7) is 0.634. The highest BCUT2D eigenvalue weighted by atomic mass is 32.1. The van der Waals surface area contributed by atoms with Crippen LogP contribution >= 0.6 is 11.3 Å². The molecule has 1 aliphatic carbocycles. The van der Waals surface area contributed by atoms with Crippen LogP contribution < -0.4 is 10.6 Å². The first-order valence-corrected chi connectivity index (χ1v) is 7.38. The third-order valence-corrected chi connectivity index (χ3v) is 4.22. The number of aliphatic hydroxyl groups is 1. The summed E-state index contributed by atoms with van der Waals surface area (Å²) in [6.07, 6.45) is 4.27. The zero-order valence-corrected chi connectivity index (χ0v) is 11.2. The summed E-state index contributed by atoms with van der Waals surface area (Å²) in [5.41, 5.74) is 0. The molecule has 1 heterocycles. The molecule has 0 radical (unpaired) electrons. The fourth-order valence-corrected chi connectivity index (χ4v) is 2.96. The summed E-state index contributed by atoms with van der Waals surface area (Å²) < 4.78 is 0. The van der Waals surface area contributed by atoms with Crippen LogP contribution in [0.25, 0.3) is 0 Å². The molecule has 0 bridgehead atoms. The van der Waals surface area contributed by atoms with Crippen LogP contribution in [0.3, 0.4) is 0 Å². The Hall–Kier alpha value is -1.07. The van der Waals surface area contributed by atoms with Gasteiger partial charge in [0.15, 0.2) is 0 Å².